The molecule has 1 saturated heterocycles. The predicted molar refractivity (Wildman–Crippen MR) is 178 cm³/mol. The molecule has 0 aliphatic carbocycles. The van der Waals surface area contributed by atoms with Gasteiger partial charge in [-0.05, 0) is 18.6 Å². The van der Waals surface area contributed by atoms with Crippen LogP contribution in [0.15, 0.2) is 64.4 Å². The number of amides is 1. The summed E-state index contributed by atoms with van der Waals surface area (Å²) < 4.78 is 7.90. The number of anilines is 2. The second kappa shape index (κ2) is 12.9. The Labute approximate surface area is 273 Å². The molecular formula is C32H30Cl2N8O4. The molecule has 0 bridgehead atoms. The number of fused-ring (bicyclic) bond motifs is 1. The molecule has 46 heavy (non-hydrogen) atoms. The first-order valence-corrected chi connectivity index (χ1v) is 15.2. The van der Waals surface area contributed by atoms with E-state index in [2.05, 4.69) is 25.9 Å². The Morgan fingerprint density at radius 1 is 0.957 bits per heavy atom. The van der Waals surface area contributed by atoms with Gasteiger partial charge in [-0.1, -0.05) is 59.6 Å². The van der Waals surface area contributed by atoms with Crippen LogP contribution in [0.5, 0.6) is 5.88 Å². The van der Waals surface area contributed by atoms with Gasteiger partial charge >= 0.3 is 5.69 Å². The number of aryl methyl sites for hydroxylation is 1. The Morgan fingerprint density at radius 2 is 1.70 bits per heavy atom. The molecule has 1 atom stereocenters. The Kier molecular flexibility index (Phi) is 8.76. The van der Waals surface area contributed by atoms with Crippen molar-refractivity contribution >= 4 is 51.6 Å². The lowest BCUT2D eigenvalue weighted by molar-refractivity contribution is -0.119. The summed E-state index contributed by atoms with van der Waals surface area (Å²) in [6.07, 6.45) is 2.65. The molecule has 1 aliphatic heterocycles. The molecule has 5 aromatic rings. The van der Waals surface area contributed by atoms with Gasteiger partial charge in [0.2, 0.25) is 11.8 Å². The first-order chi connectivity index (χ1) is 22.2. The fourth-order valence-electron chi connectivity index (χ4n) is 5.54. The molecule has 3 aromatic heterocycles. The van der Waals surface area contributed by atoms with Crippen LogP contribution < -0.4 is 31.9 Å². The maximum absolute atomic E-state index is 13.0. The van der Waals surface area contributed by atoms with Crippen molar-refractivity contribution in [1.29, 1.82) is 0 Å². The molecule has 3 N–H and O–H groups in total. The van der Waals surface area contributed by atoms with Crippen molar-refractivity contribution in [1.82, 2.24) is 34.7 Å². The van der Waals surface area contributed by atoms with Crippen LogP contribution in [0.2, 0.25) is 10.0 Å². The van der Waals surface area contributed by atoms with Gasteiger partial charge < -0.3 is 20.7 Å². The van der Waals surface area contributed by atoms with Crippen LogP contribution in [0.3, 0.4) is 0 Å². The molecule has 1 amide bonds. The number of ether oxygens (including phenoxy) is 1. The van der Waals surface area contributed by atoms with Crippen LogP contribution in [0, 0.1) is 0 Å². The summed E-state index contributed by atoms with van der Waals surface area (Å²) in [6.45, 7) is 1.18. The second-order valence-electron chi connectivity index (χ2n) is 10.9. The first-order valence-electron chi connectivity index (χ1n) is 14.5. The summed E-state index contributed by atoms with van der Waals surface area (Å²) in [4.78, 5) is 50.1. The molecule has 0 unspecified atom stereocenters. The summed E-state index contributed by atoms with van der Waals surface area (Å²) >= 11 is 14.0. The van der Waals surface area contributed by atoms with E-state index in [1.807, 2.05) is 42.5 Å². The molecular weight excluding hydrogens is 631 g/mol. The number of carbonyl (C=O) groups excluding carboxylic acids is 1. The number of methoxy groups -OCH3 is 1. The van der Waals surface area contributed by atoms with Gasteiger partial charge in [-0.3, -0.25) is 18.7 Å². The standard InChI is InChI=1S/C32H30Cl2N8O4/c1-41-29-25(31(44)42(2)32(41)45)28(36-16-37-29)39-23-9-5-7-20(27(23)34)19-6-4-8-21(26(19)33)22-12-10-17(30(40-22)46-3)14-35-15-18-11-13-24(43)38-18/h4-10,12,16,18,35H,11,13-15H2,1-3H3,(H,38,43)(H,36,37,39)/t18-/m0/s1. The minimum absolute atomic E-state index is 0.0827. The zero-order valence-electron chi connectivity index (χ0n) is 25.2. The Balaban J connectivity index is 1.30. The molecule has 14 heteroatoms. The lowest BCUT2D eigenvalue weighted by atomic mass is 10.00. The van der Waals surface area contributed by atoms with Crippen molar-refractivity contribution in [3.63, 3.8) is 0 Å². The summed E-state index contributed by atoms with van der Waals surface area (Å²) in [5.41, 5.74) is 3.14. The van der Waals surface area contributed by atoms with Crippen LogP contribution in [-0.2, 0) is 25.4 Å². The number of hydrogen-bond acceptors (Lipinski definition) is 9. The van der Waals surface area contributed by atoms with Gasteiger partial charge in [0.05, 0.1) is 28.5 Å². The lowest BCUT2D eigenvalue weighted by Crippen LogP contribution is -2.37. The van der Waals surface area contributed by atoms with Gasteiger partial charge in [-0.15, -0.1) is 0 Å². The van der Waals surface area contributed by atoms with Crippen LogP contribution in [0.25, 0.3) is 33.4 Å². The van der Waals surface area contributed by atoms with E-state index < -0.39 is 11.2 Å². The highest BCUT2D eigenvalue weighted by molar-refractivity contribution is 6.39. The van der Waals surface area contributed by atoms with Crippen molar-refractivity contribution in [2.45, 2.75) is 25.4 Å². The quantitative estimate of drug-likeness (QED) is 0.212. The topological polar surface area (TPSA) is 145 Å². The summed E-state index contributed by atoms with van der Waals surface area (Å²) in [7, 11) is 4.51. The number of hydrogen-bond donors (Lipinski definition) is 3. The highest BCUT2D eigenvalue weighted by Crippen LogP contribution is 2.42. The maximum atomic E-state index is 13.0. The summed E-state index contributed by atoms with van der Waals surface area (Å²) in [5, 5.41) is 10.4. The van der Waals surface area contributed by atoms with Gasteiger partial charge in [-0.2, -0.15) is 0 Å². The number of nitrogens with one attached hydrogen (secondary N) is 3. The molecule has 4 heterocycles. The van der Waals surface area contributed by atoms with Gasteiger partial charge in [0.15, 0.2) is 5.65 Å². The van der Waals surface area contributed by atoms with Crippen LogP contribution >= 0.6 is 23.2 Å². The monoisotopic (exact) mass is 660 g/mol. The minimum Gasteiger partial charge on any atom is -0.481 e. The average Bonchev–Trinajstić information content (AvgIpc) is 3.48. The number of pyridine rings is 1. The fourth-order valence-corrected chi connectivity index (χ4v) is 6.14. The van der Waals surface area contributed by atoms with E-state index in [-0.39, 0.29) is 28.8 Å². The van der Waals surface area contributed by atoms with Gasteiger partial charge in [0.25, 0.3) is 5.56 Å². The SMILES string of the molecule is COc1nc(-c2cccc(-c3cccc(Nc4ncnc5c4c(=O)n(C)c(=O)n5C)c3Cl)c2Cl)ccc1CNC[C@@H]1CCC(=O)N1. The zero-order valence-corrected chi connectivity index (χ0v) is 26.7. The number of carbonyl (C=O) groups is 1. The van der Waals surface area contributed by atoms with Gasteiger partial charge in [0, 0.05) is 61.9 Å². The number of halogens is 2. The highest BCUT2D eigenvalue weighted by atomic mass is 35.5. The molecule has 236 valence electrons. The molecule has 0 spiro atoms. The minimum atomic E-state index is -0.531. The van der Waals surface area contributed by atoms with Crippen LogP contribution in [0.1, 0.15) is 18.4 Å². The van der Waals surface area contributed by atoms with E-state index in [1.54, 1.807) is 13.2 Å². The van der Waals surface area contributed by atoms with Crippen LogP contribution in [-0.4, -0.2) is 49.7 Å². The average molecular weight is 662 g/mol. The maximum Gasteiger partial charge on any atom is 0.332 e. The van der Waals surface area contributed by atoms with E-state index in [9.17, 15) is 14.4 Å². The molecule has 0 saturated carbocycles. The molecule has 12 nitrogen and oxygen atoms in total. The zero-order chi connectivity index (χ0) is 32.5. The van der Waals surface area contributed by atoms with E-state index >= 15 is 0 Å². The normalized spacial score (nSPS) is 14.5. The Morgan fingerprint density at radius 3 is 2.43 bits per heavy atom. The molecule has 1 fully saturated rings. The number of rotatable bonds is 9. The number of nitrogens with zero attached hydrogens (tertiary/aromatic N) is 5. The van der Waals surface area contributed by atoms with E-state index in [4.69, 9.17) is 32.9 Å². The third-order valence-electron chi connectivity index (χ3n) is 7.98. The van der Waals surface area contributed by atoms with Crippen molar-refractivity contribution < 1.29 is 9.53 Å². The Bertz CT molecular complexity index is 2110. The number of benzene rings is 2. The first kappa shape index (κ1) is 31.2. The van der Waals surface area contributed by atoms with Gasteiger partial charge in [0.1, 0.15) is 17.5 Å². The van der Waals surface area contributed by atoms with Gasteiger partial charge in [-0.25, -0.2) is 19.7 Å². The molecule has 0 radical (unpaired) electrons. The Hall–Kier alpha value is -4.78. The molecule has 1 aliphatic rings. The van der Waals surface area contributed by atoms with Crippen molar-refractivity contribution in [3.8, 4) is 28.3 Å². The second-order valence-corrected chi connectivity index (χ2v) is 11.6. The van der Waals surface area contributed by atoms with Crippen LogP contribution in [0.4, 0.5) is 11.5 Å². The number of aromatic nitrogens is 5. The van der Waals surface area contributed by atoms with Crippen molar-refractivity contribution in [2.75, 3.05) is 19.0 Å². The fraction of sp³-hybridized carbons (Fsp3) is 0.250. The van der Waals surface area contributed by atoms with E-state index in [0.29, 0.717) is 63.5 Å². The van der Waals surface area contributed by atoms with Crippen molar-refractivity contribution in [3.05, 3.63) is 91.3 Å². The lowest BCUT2D eigenvalue weighted by Gasteiger charge is -2.16. The third kappa shape index (κ3) is 5.82. The van der Waals surface area contributed by atoms with Crippen molar-refractivity contribution in [2.24, 2.45) is 14.1 Å². The molecule has 6 rings (SSSR count). The smallest absolute Gasteiger partial charge is 0.332 e. The van der Waals surface area contributed by atoms with E-state index in [1.165, 1.54) is 25.0 Å². The largest absolute Gasteiger partial charge is 0.481 e. The van der Waals surface area contributed by atoms with E-state index in [0.717, 1.165) is 16.6 Å². The summed E-state index contributed by atoms with van der Waals surface area (Å²) in [5.74, 6) is 0.755. The third-order valence-corrected chi connectivity index (χ3v) is 8.79. The summed E-state index contributed by atoms with van der Waals surface area (Å²) in [6, 6.07) is 15.0. The highest BCUT2D eigenvalue weighted by Gasteiger charge is 2.21. The predicted octanol–water partition coefficient (Wildman–Crippen LogP) is 4.18. The molecule has 2 aromatic carbocycles.